The molecule has 2 nitrogen and oxygen atoms in total. The molecule has 0 radical (unpaired) electrons. The van der Waals surface area contributed by atoms with Crippen LogP contribution >= 0.6 is 0 Å². The molecule has 1 aromatic heterocycles. The number of ketones is 1. The predicted molar refractivity (Wildman–Crippen MR) is 61.7 cm³/mol. The SMILES string of the molecule is O=C(c1cccc2cccnc12)C(C(F)(F)F)C(F)(F)F. The van der Waals surface area contributed by atoms with E-state index >= 15 is 0 Å². The van der Waals surface area contributed by atoms with Gasteiger partial charge in [-0.05, 0) is 12.1 Å². The van der Waals surface area contributed by atoms with E-state index in [9.17, 15) is 31.1 Å². The van der Waals surface area contributed by atoms with Crippen molar-refractivity contribution in [2.24, 2.45) is 5.92 Å². The van der Waals surface area contributed by atoms with Crippen LogP contribution in [0.3, 0.4) is 0 Å². The zero-order chi connectivity index (χ0) is 15.8. The lowest BCUT2D eigenvalue weighted by Gasteiger charge is -2.22. The molecule has 0 fully saturated rings. The second-order valence-corrected chi connectivity index (χ2v) is 4.26. The van der Waals surface area contributed by atoms with E-state index in [1.807, 2.05) is 0 Å². The molecule has 0 spiro atoms. The fourth-order valence-corrected chi connectivity index (χ4v) is 1.94. The Morgan fingerprint density at radius 2 is 1.52 bits per heavy atom. The summed E-state index contributed by atoms with van der Waals surface area (Å²) in [6, 6.07) is 6.45. The smallest absolute Gasteiger partial charge is 0.293 e. The summed E-state index contributed by atoms with van der Waals surface area (Å²) in [5, 5.41) is 0.284. The van der Waals surface area contributed by atoms with Gasteiger partial charge in [-0.2, -0.15) is 26.3 Å². The molecule has 0 aliphatic rings. The first-order chi connectivity index (χ1) is 9.62. The number of Topliss-reactive ketones (excluding diaryl/α,β-unsaturated/α-hetero) is 1. The highest BCUT2D eigenvalue weighted by molar-refractivity contribution is 6.08. The quantitative estimate of drug-likeness (QED) is 0.616. The number of benzene rings is 1. The number of nitrogens with zero attached hydrogens (tertiary/aromatic N) is 1. The number of carbonyl (C=O) groups excluding carboxylic acids is 1. The van der Waals surface area contributed by atoms with E-state index in [4.69, 9.17) is 0 Å². The number of rotatable bonds is 2. The summed E-state index contributed by atoms with van der Waals surface area (Å²) in [6.45, 7) is 0. The summed E-state index contributed by atoms with van der Waals surface area (Å²) in [5.41, 5.74) is -0.892. The van der Waals surface area contributed by atoms with E-state index in [-0.39, 0.29) is 10.9 Å². The van der Waals surface area contributed by atoms with Crippen LogP contribution in [0, 0.1) is 5.92 Å². The van der Waals surface area contributed by atoms with Crippen molar-refractivity contribution in [2.45, 2.75) is 12.4 Å². The minimum absolute atomic E-state index is 0.191. The Balaban J connectivity index is 2.60. The molecular weight excluding hydrogens is 300 g/mol. The summed E-state index contributed by atoms with van der Waals surface area (Å²) in [5.74, 6) is -6.11. The van der Waals surface area contributed by atoms with Crippen molar-refractivity contribution in [2.75, 3.05) is 0 Å². The zero-order valence-corrected chi connectivity index (χ0v) is 10.2. The van der Waals surface area contributed by atoms with E-state index in [0.717, 1.165) is 6.07 Å². The Morgan fingerprint density at radius 1 is 0.952 bits per heavy atom. The number of fused-ring (bicyclic) bond motifs is 1. The van der Waals surface area contributed by atoms with Gasteiger partial charge in [-0.15, -0.1) is 0 Å². The van der Waals surface area contributed by atoms with Crippen molar-refractivity contribution < 1.29 is 31.1 Å². The van der Waals surface area contributed by atoms with Crippen LogP contribution < -0.4 is 0 Å². The molecule has 0 aliphatic heterocycles. The highest BCUT2D eigenvalue weighted by Crippen LogP contribution is 2.41. The maximum Gasteiger partial charge on any atom is 0.407 e. The summed E-state index contributed by atoms with van der Waals surface area (Å²) >= 11 is 0. The minimum Gasteiger partial charge on any atom is -0.293 e. The summed E-state index contributed by atoms with van der Waals surface area (Å²) in [7, 11) is 0. The number of halogens is 6. The van der Waals surface area contributed by atoms with Crippen LogP contribution in [0.4, 0.5) is 26.3 Å². The number of aromatic nitrogens is 1. The molecule has 1 aromatic carbocycles. The number of carbonyl (C=O) groups is 1. The molecule has 0 aliphatic carbocycles. The molecule has 8 heteroatoms. The molecule has 0 unspecified atom stereocenters. The van der Waals surface area contributed by atoms with Crippen LogP contribution in [0.25, 0.3) is 10.9 Å². The van der Waals surface area contributed by atoms with Gasteiger partial charge in [0.2, 0.25) is 5.92 Å². The maximum atomic E-state index is 12.6. The fraction of sp³-hybridized carbons (Fsp3) is 0.231. The fourth-order valence-electron chi connectivity index (χ4n) is 1.94. The average Bonchev–Trinajstić information content (AvgIpc) is 2.34. The second kappa shape index (κ2) is 5.01. The molecule has 0 saturated heterocycles. The third-order valence-corrected chi connectivity index (χ3v) is 2.82. The lowest BCUT2D eigenvalue weighted by atomic mass is 9.94. The number of hydrogen-bond acceptors (Lipinski definition) is 2. The minimum atomic E-state index is -5.72. The van der Waals surface area contributed by atoms with Crippen LogP contribution in [0.15, 0.2) is 36.5 Å². The third kappa shape index (κ3) is 2.98. The lowest BCUT2D eigenvalue weighted by molar-refractivity contribution is -0.264. The van der Waals surface area contributed by atoms with E-state index < -0.39 is 29.6 Å². The van der Waals surface area contributed by atoms with Gasteiger partial charge >= 0.3 is 12.4 Å². The highest BCUT2D eigenvalue weighted by Gasteiger charge is 2.61. The van der Waals surface area contributed by atoms with Crippen molar-refractivity contribution in [3.63, 3.8) is 0 Å². The zero-order valence-electron chi connectivity index (χ0n) is 10.2. The highest BCUT2D eigenvalue weighted by atomic mass is 19.4. The van der Waals surface area contributed by atoms with Crippen LogP contribution in [-0.2, 0) is 0 Å². The van der Waals surface area contributed by atoms with Gasteiger partial charge in [-0.1, -0.05) is 18.2 Å². The Morgan fingerprint density at radius 3 is 2.10 bits per heavy atom. The lowest BCUT2D eigenvalue weighted by Crippen LogP contribution is -2.42. The molecule has 21 heavy (non-hydrogen) atoms. The van der Waals surface area contributed by atoms with Crippen LogP contribution in [0.2, 0.25) is 0 Å². The molecule has 2 aromatic rings. The molecule has 0 atom stereocenters. The first-order valence-electron chi connectivity index (χ1n) is 5.64. The molecule has 0 bridgehead atoms. The normalized spacial score (nSPS) is 12.9. The van der Waals surface area contributed by atoms with Crippen LogP contribution in [0.5, 0.6) is 0 Å². The molecule has 2 rings (SSSR count). The summed E-state index contributed by atoms with van der Waals surface area (Å²) < 4.78 is 75.5. The Labute approximate surface area is 114 Å². The number of para-hydroxylation sites is 1. The topological polar surface area (TPSA) is 30.0 Å². The van der Waals surface area contributed by atoms with Gasteiger partial charge in [0.15, 0.2) is 5.78 Å². The molecule has 1 heterocycles. The van der Waals surface area contributed by atoms with Gasteiger partial charge < -0.3 is 0 Å². The Hall–Kier alpha value is -2.12. The molecule has 0 amide bonds. The summed E-state index contributed by atoms with van der Waals surface area (Å²) in [6.07, 6.45) is -10.2. The third-order valence-electron chi connectivity index (χ3n) is 2.82. The molecule has 0 N–H and O–H groups in total. The van der Waals surface area contributed by atoms with Gasteiger partial charge in [0.1, 0.15) is 0 Å². The number of hydrogen-bond donors (Lipinski definition) is 0. The van der Waals surface area contributed by atoms with Gasteiger partial charge in [-0.3, -0.25) is 9.78 Å². The molecule has 0 saturated carbocycles. The Kier molecular flexibility index (Phi) is 3.65. The second-order valence-electron chi connectivity index (χ2n) is 4.26. The standard InChI is InChI=1S/C13H7F6NO/c14-12(15,16)11(13(17,18)19)10(21)8-5-1-3-7-4-2-6-20-9(7)8/h1-6,11H. The average molecular weight is 307 g/mol. The van der Waals surface area contributed by atoms with Gasteiger partial charge in [-0.25, -0.2) is 0 Å². The van der Waals surface area contributed by atoms with E-state index in [1.165, 1.54) is 30.5 Å². The molecular formula is C13H7F6NO. The van der Waals surface area contributed by atoms with Crippen LogP contribution in [-0.4, -0.2) is 23.1 Å². The van der Waals surface area contributed by atoms with E-state index in [2.05, 4.69) is 4.98 Å². The molecule has 112 valence electrons. The largest absolute Gasteiger partial charge is 0.407 e. The first kappa shape index (κ1) is 15.3. The monoisotopic (exact) mass is 307 g/mol. The van der Waals surface area contributed by atoms with Crippen LogP contribution in [0.1, 0.15) is 10.4 Å². The number of alkyl halides is 6. The maximum absolute atomic E-state index is 12.6. The van der Waals surface area contributed by atoms with Gasteiger partial charge in [0.25, 0.3) is 0 Å². The first-order valence-corrected chi connectivity index (χ1v) is 5.64. The predicted octanol–water partition coefficient (Wildman–Crippen LogP) is 4.16. The van der Waals surface area contributed by atoms with Crippen molar-refractivity contribution in [3.05, 3.63) is 42.1 Å². The number of pyridine rings is 1. The van der Waals surface area contributed by atoms with Crippen molar-refractivity contribution in [1.29, 1.82) is 0 Å². The van der Waals surface area contributed by atoms with E-state index in [1.54, 1.807) is 0 Å². The van der Waals surface area contributed by atoms with Gasteiger partial charge in [0.05, 0.1) is 5.52 Å². The van der Waals surface area contributed by atoms with Crippen molar-refractivity contribution in [1.82, 2.24) is 4.98 Å². The van der Waals surface area contributed by atoms with Crippen molar-refractivity contribution >= 4 is 16.7 Å². The van der Waals surface area contributed by atoms with E-state index in [0.29, 0.717) is 0 Å². The Bertz CT molecular complexity index is 657. The van der Waals surface area contributed by atoms with Gasteiger partial charge in [0, 0.05) is 17.1 Å². The summed E-state index contributed by atoms with van der Waals surface area (Å²) in [4.78, 5) is 15.5. The van der Waals surface area contributed by atoms with Crippen molar-refractivity contribution in [3.8, 4) is 0 Å².